The molecule has 1 aromatic rings. The van der Waals surface area contributed by atoms with Gasteiger partial charge in [0, 0.05) is 11.5 Å². The minimum atomic E-state index is 0.478. The highest BCUT2D eigenvalue weighted by Gasteiger charge is 2.24. The van der Waals surface area contributed by atoms with Crippen LogP contribution in [0.3, 0.4) is 0 Å². The van der Waals surface area contributed by atoms with Gasteiger partial charge >= 0.3 is 0 Å². The number of rotatable bonds is 2. The number of ether oxygens (including phenoxy) is 1. The lowest BCUT2D eigenvalue weighted by Crippen LogP contribution is -2.01. The third-order valence-corrected chi connectivity index (χ3v) is 2.78. The highest BCUT2D eigenvalue weighted by atomic mass is 16.5. The first kappa shape index (κ1) is 9.32. The summed E-state index contributed by atoms with van der Waals surface area (Å²) in [7, 11) is 0. The molecule has 74 valence electrons. The second-order valence-electron chi connectivity index (χ2n) is 3.76. The van der Waals surface area contributed by atoms with Crippen LogP contribution in [-0.4, -0.2) is 6.61 Å². The Bertz CT molecular complexity index is 352. The SMILES string of the molecule is CC/C=C(/C)C1COc2ccccc21. The zero-order valence-electron chi connectivity index (χ0n) is 8.79. The van der Waals surface area contributed by atoms with Gasteiger partial charge in [-0.25, -0.2) is 0 Å². The van der Waals surface area contributed by atoms with E-state index in [2.05, 4.69) is 38.1 Å². The molecule has 14 heavy (non-hydrogen) atoms. The van der Waals surface area contributed by atoms with Crippen LogP contribution < -0.4 is 4.74 Å². The summed E-state index contributed by atoms with van der Waals surface area (Å²) in [6, 6.07) is 8.33. The molecule has 0 saturated carbocycles. The van der Waals surface area contributed by atoms with Gasteiger partial charge < -0.3 is 4.74 Å². The monoisotopic (exact) mass is 188 g/mol. The maximum absolute atomic E-state index is 5.64. The van der Waals surface area contributed by atoms with Crippen LogP contribution in [0.5, 0.6) is 5.75 Å². The maximum Gasteiger partial charge on any atom is 0.123 e. The molecule has 0 spiro atoms. The van der Waals surface area contributed by atoms with E-state index in [0.29, 0.717) is 5.92 Å². The molecule has 0 bridgehead atoms. The van der Waals surface area contributed by atoms with Gasteiger partial charge in [-0.2, -0.15) is 0 Å². The van der Waals surface area contributed by atoms with E-state index in [-0.39, 0.29) is 0 Å². The highest BCUT2D eigenvalue weighted by molar-refractivity contribution is 5.43. The average Bonchev–Trinajstić information content (AvgIpc) is 2.61. The lowest BCUT2D eigenvalue weighted by Gasteiger charge is -2.08. The van der Waals surface area contributed by atoms with Crippen LogP contribution in [0.2, 0.25) is 0 Å². The third kappa shape index (κ3) is 1.54. The molecule has 0 aliphatic carbocycles. The average molecular weight is 188 g/mol. The Kier molecular flexibility index (Phi) is 2.58. The largest absolute Gasteiger partial charge is 0.492 e. The van der Waals surface area contributed by atoms with Gasteiger partial charge in [-0.3, -0.25) is 0 Å². The molecule has 1 unspecified atom stereocenters. The molecule has 1 aliphatic heterocycles. The van der Waals surface area contributed by atoms with Crippen LogP contribution in [0, 0.1) is 0 Å². The summed E-state index contributed by atoms with van der Waals surface area (Å²) in [5, 5.41) is 0. The van der Waals surface area contributed by atoms with Crippen molar-refractivity contribution in [3.8, 4) is 5.75 Å². The van der Waals surface area contributed by atoms with Gasteiger partial charge in [0.25, 0.3) is 0 Å². The molecule has 2 rings (SSSR count). The van der Waals surface area contributed by atoms with E-state index in [1.807, 2.05) is 6.07 Å². The van der Waals surface area contributed by atoms with Gasteiger partial charge in [0.15, 0.2) is 0 Å². The molecule has 0 amide bonds. The third-order valence-electron chi connectivity index (χ3n) is 2.78. The second kappa shape index (κ2) is 3.87. The number of hydrogen-bond acceptors (Lipinski definition) is 1. The van der Waals surface area contributed by atoms with Crippen LogP contribution >= 0.6 is 0 Å². The van der Waals surface area contributed by atoms with Crippen molar-refractivity contribution in [2.75, 3.05) is 6.61 Å². The molecule has 1 atom stereocenters. The van der Waals surface area contributed by atoms with Crippen molar-refractivity contribution in [3.63, 3.8) is 0 Å². The molecule has 1 heteroatoms. The normalized spacial score (nSPS) is 20.4. The molecule has 1 aliphatic rings. The van der Waals surface area contributed by atoms with E-state index < -0.39 is 0 Å². The van der Waals surface area contributed by atoms with Gasteiger partial charge in [-0.1, -0.05) is 36.8 Å². The Morgan fingerprint density at radius 2 is 2.29 bits per heavy atom. The van der Waals surface area contributed by atoms with Gasteiger partial charge in [0.05, 0.1) is 6.61 Å². The van der Waals surface area contributed by atoms with Crippen molar-refractivity contribution in [2.24, 2.45) is 0 Å². The Morgan fingerprint density at radius 3 is 3.07 bits per heavy atom. The minimum Gasteiger partial charge on any atom is -0.492 e. The van der Waals surface area contributed by atoms with Crippen LogP contribution in [0.15, 0.2) is 35.9 Å². The molecule has 1 heterocycles. The number of benzene rings is 1. The first-order valence-corrected chi connectivity index (χ1v) is 5.21. The number of allylic oxidation sites excluding steroid dienone is 1. The first-order chi connectivity index (χ1) is 6.83. The number of fused-ring (bicyclic) bond motifs is 1. The van der Waals surface area contributed by atoms with Crippen LogP contribution in [0.1, 0.15) is 31.7 Å². The van der Waals surface area contributed by atoms with Crippen molar-refractivity contribution >= 4 is 0 Å². The van der Waals surface area contributed by atoms with E-state index in [0.717, 1.165) is 18.8 Å². The summed E-state index contributed by atoms with van der Waals surface area (Å²) in [5.41, 5.74) is 2.77. The minimum absolute atomic E-state index is 0.478. The fraction of sp³-hybridized carbons (Fsp3) is 0.385. The quantitative estimate of drug-likeness (QED) is 0.645. The summed E-state index contributed by atoms with van der Waals surface area (Å²) < 4.78 is 5.64. The fourth-order valence-corrected chi connectivity index (χ4v) is 2.00. The molecule has 0 saturated heterocycles. The highest BCUT2D eigenvalue weighted by Crippen LogP contribution is 2.37. The Morgan fingerprint density at radius 1 is 1.50 bits per heavy atom. The molecular weight excluding hydrogens is 172 g/mol. The summed E-state index contributed by atoms with van der Waals surface area (Å²) in [6.45, 7) is 5.17. The molecule has 0 N–H and O–H groups in total. The predicted molar refractivity (Wildman–Crippen MR) is 58.7 cm³/mol. The summed E-state index contributed by atoms with van der Waals surface area (Å²) >= 11 is 0. The first-order valence-electron chi connectivity index (χ1n) is 5.21. The Hall–Kier alpha value is -1.24. The van der Waals surface area contributed by atoms with Gasteiger partial charge in [0.1, 0.15) is 5.75 Å². The molecule has 1 nitrogen and oxygen atoms in total. The van der Waals surface area contributed by atoms with Crippen LogP contribution in [-0.2, 0) is 0 Å². The standard InChI is InChI=1S/C13H16O/c1-3-6-10(2)12-9-14-13-8-5-4-7-11(12)13/h4-8,12H,3,9H2,1-2H3/b10-6-. The predicted octanol–water partition coefficient (Wildman–Crippen LogP) is 3.52. The Balaban J connectivity index is 2.30. The van der Waals surface area contributed by atoms with Crippen LogP contribution in [0.25, 0.3) is 0 Å². The smallest absolute Gasteiger partial charge is 0.123 e. The second-order valence-corrected chi connectivity index (χ2v) is 3.76. The van der Waals surface area contributed by atoms with Gasteiger partial charge in [0.2, 0.25) is 0 Å². The van der Waals surface area contributed by atoms with E-state index in [1.54, 1.807) is 0 Å². The summed E-state index contributed by atoms with van der Waals surface area (Å²) in [4.78, 5) is 0. The molecule has 1 aromatic carbocycles. The van der Waals surface area contributed by atoms with E-state index >= 15 is 0 Å². The number of para-hydroxylation sites is 1. The van der Waals surface area contributed by atoms with Gasteiger partial charge in [-0.05, 0) is 19.4 Å². The van der Waals surface area contributed by atoms with Crippen molar-refractivity contribution in [1.29, 1.82) is 0 Å². The fourth-order valence-electron chi connectivity index (χ4n) is 2.00. The molecular formula is C13H16O. The summed E-state index contributed by atoms with van der Waals surface area (Å²) in [5.74, 6) is 1.53. The van der Waals surface area contributed by atoms with Crippen molar-refractivity contribution in [3.05, 3.63) is 41.5 Å². The molecule has 0 aromatic heterocycles. The van der Waals surface area contributed by atoms with E-state index in [9.17, 15) is 0 Å². The lowest BCUT2D eigenvalue weighted by atomic mass is 9.93. The van der Waals surface area contributed by atoms with Crippen molar-refractivity contribution in [1.82, 2.24) is 0 Å². The van der Waals surface area contributed by atoms with Crippen molar-refractivity contribution in [2.45, 2.75) is 26.2 Å². The molecule has 0 fully saturated rings. The Labute approximate surface area is 85.4 Å². The van der Waals surface area contributed by atoms with Crippen LogP contribution in [0.4, 0.5) is 0 Å². The van der Waals surface area contributed by atoms with E-state index in [4.69, 9.17) is 4.74 Å². The van der Waals surface area contributed by atoms with Crippen molar-refractivity contribution < 1.29 is 4.74 Å². The zero-order valence-corrected chi connectivity index (χ0v) is 8.79. The lowest BCUT2D eigenvalue weighted by molar-refractivity contribution is 0.341. The topological polar surface area (TPSA) is 9.23 Å². The zero-order chi connectivity index (χ0) is 9.97. The van der Waals surface area contributed by atoms with Gasteiger partial charge in [-0.15, -0.1) is 0 Å². The summed E-state index contributed by atoms with van der Waals surface area (Å²) in [6.07, 6.45) is 3.39. The maximum atomic E-state index is 5.64. The molecule has 0 radical (unpaired) electrons. The van der Waals surface area contributed by atoms with E-state index in [1.165, 1.54) is 11.1 Å². The number of hydrogen-bond donors (Lipinski definition) is 0.